The van der Waals surface area contributed by atoms with Crippen LogP contribution < -0.4 is 10.6 Å². The highest BCUT2D eigenvalue weighted by atomic mass is 79.9. The Hall–Kier alpha value is -0.390. The minimum absolute atomic E-state index is 0.0977. The normalized spacial score (nSPS) is 10.3. The quantitative estimate of drug-likeness (QED) is 0.788. The highest BCUT2D eigenvalue weighted by molar-refractivity contribution is 9.11. The maximum absolute atomic E-state index is 11.3. The molecule has 3 nitrogen and oxygen atoms in total. The molecular weight excluding hydrogens is 276 g/mol. The van der Waals surface area contributed by atoms with Crippen LogP contribution in [0.5, 0.6) is 0 Å². The van der Waals surface area contributed by atoms with Crippen LogP contribution in [0.3, 0.4) is 0 Å². The van der Waals surface area contributed by atoms with Gasteiger partial charge in [0.25, 0.3) is 0 Å². The van der Waals surface area contributed by atoms with Crippen molar-refractivity contribution < 1.29 is 4.79 Å². The summed E-state index contributed by atoms with van der Waals surface area (Å²) in [7, 11) is 0. The Kier molecular flexibility index (Phi) is 5.90. The summed E-state index contributed by atoms with van der Waals surface area (Å²) < 4.78 is 1.10. The lowest BCUT2D eigenvalue weighted by molar-refractivity contribution is -0.121. The minimum Gasteiger partial charge on any atom is -0.351 e. The Morgan fingerprint density at radius 3 is 2.93 bits per heavy atom. The van der Waals surface area contributed by atoms with E-state index in [1.54, 1.807) is 11.3 Å². The number of thiophene rings is 1. The average Bonchev–Trinajstić information content (AvgIpc) is 2.62. The van der Waals surface area contributed by atoms with Gasteiger partial charge in [0.2, 0.25) is 5.91 Å². The molecule has 0 saturated heterocycles. The zero-order valence-electron chi connectivity index (χ0n) is 8.68. The first kappa shape index (κ1) is 12.7. The van der Waals surface area contributed by atoms with E-state index in [-0.39, 0.29) is 5.91 Å². The van der Waals surface area contributed by atoms with E-state index in [1.165, 1.54) is 4.88 Å². The summed E-state index contributed by atoms with van der Waals surface area (Å²) in [5, 5.41) is 6.00. The maximum Gasteiger partial charge on any atom is 0.221 e. The molecule has 0 aliphatic carbocycles. The smallest absolute Gasteiger partial charge is 0.221 e. The van der Waals surface area contributed by atoms with Gasteiger partial charge in [0.05, 0.1) is 10.3 Å². The van der Waals surface area contributed by atoms with Crippen LogP contribution in [-0.4, -0.2) is 19.0 Å². The molecule has 0 atom stereocenters. The third kappa shape index (κ3) is 5.30. The third-order valence-corrected chi connectivity index (χ3v) is 3.49. The number of nitrogens with one attached hydrogen (secondary N) is 2. The number of carbonyl (C=O) groups excluding carboxylic acids is 1. The summed E-state index contributed by atoms with van der Waals surface area (Å²) in [4.78, 5) is 12.5. The molecule has 0 fully saturated rings. The molecule has 1 aromatic rings. The predicted octanol–water partition coefficient (Wildman–Crippen LogP) is 2.13. The summed E-state index contributed by atoms with van der Waals surface area (Å²) in [6.45, 7) is 4.31. The van der Waals surface area contributed by atoms with Crippen LogP contribution in [0.15, 0.2) is 15.9 Å². The second kappa shape index (κ2) is 6.98. The van der Waals surface area contributed by atoms with Gasteiger partial charge in [0.15, 0.2) is 0 Å². The first-order valence-corrected chi connectivity index (χ1v) is 6.55. The third-order valence-electron chi connectivity index (χ3n) is 1.87. The summed E-state index contributed by atoms with van der Waals surface area (Å²) >= 11 is 5.03. The molecule has 0 aliphatic rings. The Morgan fingerprint density at radius 1 is 1.53 bits per heavy atom. The lowest BCUT2D eigenvalue weighted by Crippen LogP contribution is -2.26. The van der Waals surface area contributed by atoms with Crippen molar-refractivity contribution in [2.45, 2.75) is 19.9 Å². The fourth-order valence-electron chi connectivity index (χ4n) is 1.10. The van der Waals surface area contributed by atoms with Gasteiger partial charge in [-0.25, -0.2) is 0 Å². The van der Waals surface area contributed by atoms with Crippen molar-refractivity contribution >= 4 is 33.2 Å². The Balaban J connectivity index is 2.16. The number of hydrogen-bond donors (Lipinski definition) is 2. The van der Waals surface area contributed by atoms with E-state index in [9.17, 15) is 4.79 Å². The Bertz CT molecular complexity index is 314. The first-order chi connectivity index (χ1) is 7.22. The molecule has 0 saturated carbocycles. The lowest BCUT2D eigenvalue weighted by atomic mass is 10.4. The largest absolute Gasteiger partial charge is 0.351 e. The molecule has 1 heterocycles. The van der Waals surface area contributed by atoms with Gasteiger partial charge in [-0.15, -0.1) is 11.3 Å². The molecule has 0 radical (unpaired) electrons. The monoisotopic (exact) mass is 290 g/mol. The number of rotatable bonds is 6. The molecule has 0 unspecified atom stereocenters. The predicted molar refractivity (Wildman–Crippen MR) is 67.0 cm³/mol. The summed E-state index contributed by atoms with van der Waals surface area (Å²) in [5.74, 6) is 0.0977. The number of carbonyl (C=O) groups is 1. The topological polar surface area (TPSA) is 41.1 Å². The molecule has 1 aromatic heterocycles. The SMILES string of the molecule is CCNCCC(=O)NCc1ccc(Br)s1. The van der Waals surface area contributed by atoms with Crippen LogP contribution in [0.4, 0.5) is 0 Å². The van der Waals surface area contributed by atoms with Crippen LogP contribution in [0.2, 0.25) is 0 Å². The van der Waals surface area contributed by atoms with E-state index in [1.807, 2.05) is 19.1 Å². The lowest BCUT2D eigenvalue weighted by Gasteiger charge is -2.03. The molecule has 2 N–H and O–H groups in total. The van der Waals surface area contributed by atoms with Gasteiger partial charge in [-0.3, -0.25) is 4.79 Å². The van der Waals surface area contributed by atoms with Crippen molar-refractivity contribution in [3.63, 3.8) is 0 Å². The van der Waals surface area contributed by atoms with Crippen LogP contribution in [0.1, 0.15) is 18.2 Å². The van der Waals surface area contributed by atoms with Crippen LogP contribution in [-0.2, 0) is 11.3 Å². The fraction of sp³-hybridized carbons (Fsp3) is 0.500. The van der Waals surface area contributed by atoms with Crippen molar-refractivity contribution in [3.8, 4) is 0 Å². The maximum atomic E-state index is 11.3. The van der Waals surface area contributed by atoms with E-state index < -0.39 is 0 Å². The molecule has 1 rings (SSSR count). The minimum atomic E-state index is 0.0977. The highest BCUT2D eigenvalue weighted by Gasteiger charge is 2.02. The van der Waals surface area contributed by atoms with E-state index in [4.69, 9.17) is 0 Å². The van der Waals surface area contributed by atoms with Crippen LogP contribution in [0.25, 0.3) is 0 Å². The van der Waals surface area contributed by atoms with Gasteiger partial charge in [-0.05, 0) is 34.6 Å². The zero-order chi connectivity index (χ0) is 11.1. The summed E-state index contributed by atoms with van der Waals surface area (Å²) in [6.07, 6.45) is 0.542. The molecular formula is C10H15BrN2OS. The van der Waals surface area contributed by atoms with Crippen LogP contribution >= 0.6 is 27.3 Å². The molecule has 0 aliphatic heterocycles. The molecule has 1 amide bonds. The van der Waals surface area contributed by atoms with Gasteiger partial charge in [0.1, 0.15) is 0 Å². The summed E-state index contributed by atoms with van der Waals surface area (Å²) in [6, 6.07) is 4.00. The van der Waals surface area contributed by atoms with Crippen molar-refractivity contribution in [2.24, 2.45) is 0 Å². The van der Waals surface area contributed by atoms with Gasteiger partial charge in [-0.1, -0.05) is 6.92 Å². The number of amides is 1. The van der Waals surface area contributed by atoms with Gasteiger partial charge < -0.3 is 10.6 Å². The Labute approximate surface area is 102 Å². The van der Waals surface area contributed by atoms with Crippen molar-refractivity contribution in [1.29, 1.82) is 0 Å². The average molecular weight is 291 g/mol. The van der Waals surface area contributed by atoms with Crippen molar-refractivity contribution in [2.75, 3.05) is 13.1 Å². The molecule has 84 valence electrons. The van der Waals surface area contributed by atoms with E-state index in [2.05, 4.69) is 26.6 Å². The van der Waals surface area contributed by atoms with E-state index >= 15 is 0 Å². The molecule has 5 heteroatoms. The zero-order valence-corrected chi connectivity index (χ0v) is 11.1. The fourth-order valence-corrected chi connectivity index (χ4v) is 2.52. The van der Waals surface area contributed by atoms with Crippen molar-refractivity contribution in [1.82, 2.24) is 10.6 Å². The van der Waals surface area contributed by atoms with Gasteiger partial charge in [0, 0.05) is 17.8 Å². The molecule has 0 bridgehead atoms. The molecule has 15 heavy (non-hydrogen) atoms. The van der Waals surface area contributed by atoms with Crippen LogP contribution in [0, 0.1) is 0 Å². The Morgan fingerprint density at radius 2 is 2.33 bits per heavy atom. The standard InChI is InChI=1S/C10H15BrN2OS/c1-2-12-6-5-10(14)13-7-8-3-4-9(11)15-8/h3-4,12H,2,5-7H2,1H3,(H,13,14). The van der Waals surface area contributed by atoms with E-state index in [0.717, 1.165) is 16.9 Å². The second-order valence-corrected chi connectivity index (χ2v) is 5.63. The van der Waals surface area contributed by atoms with Gasteiger partial charge >= 0.3 is 0 Å². The number of halogens is 1. The second-order valence-electron chi connectivity index (χ2n) is 3.09. The summed E-state index contributed by atoms with van der Waals surface area (Å²) in [5.41, 5.74) is 0. The highest BCUT2D eigenvalue weighted by Crippen LogP contribution is 2.21. The molecule has 0 aromatic carbocycles. The van der Waals surface area contributed by atoms with Gasteiger partial charge in [-0.2, -0.15) is 0 Å². The first-order valence-electron chi connectivity index (χ1n) is 4.94. The van der Waals surface area contributed by atoms with Crippen molar-refractivity contribution in [3.05, 3.63) is 20.8 Å². The van der Waals surface area contributed by atoms with E-state index in [0.29, 0.717) is 13.0 Å². The number of hydrogen-bond acceptors (Lipinski definition) is 3. The molecule has 0 spiro atoms.